The fraction of sp³-hybridized carbons (Fsp3) is 0.292. The number of ketones is 1. The number of Topliss-reactive ketones (excluding diaryl/α,β-unsaturated/α-hetero) is 1. The van der Waals surface area contributed by atoms with Crippen LogP contribution in [0.2, 0.25) is 0 Å². The summed E-state index contributed by atoms with van der Waals surface area (Å²) in [5.41, 5.74) is 2.64. The van der Waals surface area contributed by atoms with E-state index in [1.807, 2.05) is 38.1 Å². The highest BCUT2D eigenvalue weighted by Gasteiger charge is 2.44. The number of carboxylic acids is 1. The summed E-state index contributed by atoms with van der Waals surface area (Å²) in [4.78, 5) is 39.6. The van der Waals surface area contributed by atoms with Gasteiger partial charge in [-0.25, -0.2) is 4.79 Å². The van der Waals surface area contributed by atoms with E-state index in [1.54, 1.807) is 17.0 Å². The molecule has 154 valence electrons. The molecule has 1 aliphatic carbocycles. The summed E-state index contributed by atoms with van der Waals surface area (Å²) in [5, 5.41) is 9.37. The van der Waals surface area contributed by atoms with Crippen LogP contribution in [0.5, 0.6) is 0 Å². The Bertz CT molecular complexity index is 1080. The zero-order valence-corrected chi connectivity index (χ0v) is 18.4. The van der Waals surface area contributed by atoms with E-state index in [-0.39, 0.29) is 35.0 Å². The average Bonchev–Trinajstić information content (AvgIpc) is 2.67. The number of hydrogen-bond acceptors (Lipinski definition) is 3. The van der Waals surface area contributed by atoms with Crippen LogP contribution in [0.1, 0.15) is 54.9 Å². The zero-order valence-electron chi connectivity index (χ0n) is 16.8. The van der Waals surface area contributed by atoms with Crippen molar-refractivity contribution in [1.82, 2.24) is 0 Å². The van der Waals surface area contributed by atoms with E-state index in [1.165, 1.54) is 12.1 Å². The molecule has 0 spiro atoms. The van der Waals surface area contributed by atoms with Gasteiger partial charge in [0.2, 0.25) is 5.91 Å². The minimum absolute atomic E-state index is 0.0565. The first-order chi connectivity index (χ1) is 14.2. The molecule has 0 radical (unpaired) electrons. The fourth-order valence-corrected chi connectivity index (χ4v) is 4.74. The molecule has 0 saturated carbocycles. The van der Waals surface area contributed by atoms with Crippen molar-refractivity contribution >= 4 is 39.3 Å². The van der Waals surface area contributed by atoms with Crippen molar-refractivity contribution in [2.75, 3.05) is 4.90 Å². The molecule has 0 bridgehead atoms. The second kappa shape index (κ2) is 7.51. The molecule has 2 aromatic carbocycles. The van der Waals surface area contributed by atoms with Gasteiger partial charge in [-0.1, -0.05) is 48.0 Å². The molecule has 2 aliphatic rings. The molecule has 1 atom stereocenters. The Kier molecular flexibility index (Phi) is 5.14. The number of aromatic carboxylic acids is 1. The lowest BCUT2D eigenvalue weighted by atomic mass is 9.69. The van der Waals surface area contributed by atoms with Gasteiger partial charge < -0.3 is 5.11 Å². The Labute approximate surface area is 183 Å². The molecule has 1 heterocycles. The fourth-order valence-electron chi connectivity index (χ4n) is 4.47. The predicted octanol–water partition coefficient (Wildman–Crippen LogP) is 5.31. The van der Waals surface area contributed by atoms with Crippen molar-refractivity contribution in [3.63, 3.8) is 0 Å². The maximum Gasteiger partial charge on any atom is 0.335 e. The summed E-state index contributed by atoms with van der Waals surface area (Å²) in [7, 11) is 0. The first-order valence-corrected chi connectivity index (χ1v) is 10.6. The molecule has 1 unspecified atom stereocenters. The number of benzene rings is 2. The number of carbonyl (C=O) groups is 3. The molecule has 0 aromatic heterocycles. The van der Waals surface area contributed by atoms with E-state index >= 15 is 0 Å². The number of carbonyl (C=O) groups excluding carboxylic acids is 2. The molecule has 5 nitrogen and oxygen atoms in total. The first-order valence-electron chi connectivity index (χ1n) is 9.84. The van der Waals surface area contributed by atoms with E-state index in [4.69, 9.17) is 0 Å². The van der Waals surface area contributed by atoms with Crippen molar-refractivity contribution < 1.29 is 19.5 Å². The summed E-state index contributed by atoms with van der Waals surface area (Å²) in [6, 6.07) is 14.1. The lowest BCUT2D eigenvalue weighted by Gasteiger charge is -2.43. The largest absolute Gasteiger partial charge is 0.478 e. The highest BCUT2D eigenvalue weighted by Crippen LogP contribution is 2.48. The minimum Gasteiger partial charge on any atom is -0.478 e. The van der Waals surface area contributed by atoms with Gasteiger partial charge in [-0.2, -0.15) is 0 Å². The Hall–Kier alpha value is -2.73. The van der Waals surface area contributed by atoms with Crippen LogP contribution in [0.25, 0.3) is 0 Å². The molecule has 0 saturated heterocycles. The van der Waals surface area contributed by atoms with Crippen molar-refractivity contribution in [2.24, 2.45) is 5.41 Å². The van der Waals surface area contributed by atoms with E-state index in [2.05, 4.69) is 15.9 Å². The maximum atomic E-state index is 13.3. The summed E-state index contributed by atoms with van der Waals surface area (Å²) >= 11 is 3.43. The van der Waals surface area contributed by atoms with Gasteiger partial charge in [-0.15, -0.1) is 0 Å². The molecule has 30 heavy (non-hydrogen) atoms. The molecule has 0 fully saturated rings. The molecule has 4 rings (SSSR count). The van der Waals surface area contributed by atoms with Gasteiger partial charge in [0, 0.05) is 40.2 Å². The number of nitrogens with zero attached hydrogens (tertiary/aromatic N) is 1. The van der Waals surface area contributed by atoms with Gasteiger partial charge in [-0.05, 0) is 47.7 Å². The van der Waals surface area contributed by atoms with Crippen LogP contribution in [0.4, 0.5) is 5.69 Å². The first kappa shape index (κ1) is 20.5. The molecule has 1 amide bonds. The average molecular weight is 468 g/mol. The Morgan fingerprint density at radius 1 is 1.10 bits per heavy atom. The van der Waals surface area contributed by atoms with Crippen molar-refractivity contribution in [3.8, 4) is 0 Å². The number of anilines is 1. The SMILES string of the molecule is CC1(C)CC(=O)C2=C(C1)N(c1cccc(C(=O)O)c1)C(=O)CC2c1ccc(Br)cc1. The van der Waals surface area contributed by atoms with Gasteiger partial charge in [0.25, 0.3) is 0 Å². The summed E-state index contributed by atoms with van der Waals surface area (Å²) in [6.45, 7) is 4.04. The summed E-state index contributed by atoms with van der Waals surface area (Å²) in [5.74, 6) is -1.41. The van der Waals surface area contributed by atoms with Crippen LogP contribution in [0.3, 0.4) is 0 Å². The third-order valence-corrected chi connectivity index (χ3v) is 6.30. The lowest BCUT2D eigenvalue weighted by molar-refractivity contribution is -0.121. The van der Waals surface area contributed by atoms with Crippen LogP contribution < -0.4 is 4.90 Å². The van der Waals surface area contributed by atoms with Crippen LogP contribution in [0.15, 0.2) is 64.3 Å². The maximum absolute atomic E-state index is 13.3. The summed E-state index contributed by atoms with van der Waals surface area (Å²) in [6.07, 6.45) is 1.17. The van der Waals surface area contributed by atoms with Crippen molar-refractivity contribution in [3.05, 3.63) is 75.4 Å². The van der Waals surface area contributed by atoms with Crippen LogP contribution in [0, 0.1) is 5.41 Å². The molecular weight excluding hydrogens is 446 g/mol. The predicted molar refractivity (Wildman–Crippen MR) is 117 cm³/mol. The second-order valence-corrected chi connectivity index (χ2v) is 9.61. The molecule has 1 aliphatic heterocycles. The highest BCUT2D eigenvalue weighted by atomic mass is 79.9. The third-order valence-electron chi connectivity index (χ3n) is 5.77. The van der Waals surface area contributed by atoms with Gasteiger partial charge in [0.15, 0.2) is 5.78 Å². The number of amides is 1. The van der Waals surface area contributed by atoms with E-state index < -0.39 is 5.97 Å². The smallest absolute Gasteiger partial charge is 0.335 e. The van der Waals surface area contributed by atoms with E-state index in [9.17, 15) is 19.5 Å². The van der Waals surface area contributed by atoms with Crippen LogP contribution >= 0.6 is 15.9 Å². The molecule has 2 aromatic rings. The number of allylic oxidation sites excluding steroid dienone is 2. The molecule has 6 heteroatoms. The second-order valence-electron chi connectivity index (χ2n) is 8.69. The van der Waals surface area contributed by atoms with Gasteiger partial charge >= 0.3 is 5.97 Å². The van der Waals surface area contributed by atoms with Crippen molar-refractivity contribution in [1.29, 1.82) is 0 Å². The van der Waals surface area contributed by atoms with Crippen LogP contribution in [-0.2, 0) is 9.59 Å². The Balaban J connectivity index is 1.89. The standard InChI is InChI=1S/C24H22BrNO4/c1-24(2)12-19-22(20(27)13-24)18(14-6-8-16(25)9-7-14)11-21(28)26(19)17-5-3-4-15(10-17)23(29)30/h3-10,18H,11-13H2,1-2H3,(H,29,30). The highest BCUT2D eigenvalue weighted by molar-refractivity contribution is 9.10. The zero-order chi connectivity index (χ0) is 21.6. The van der Waals surface area contributed by atoms with E-state index in [0.717, 1.165) is 10.0 Å². The molecular formula is C24H22BrNO4. The normalized spacial score (nSPS) is 20.9. The number of carboxylic acid groups (broad SMARTS) is 1. The molecule has 1 N–H and O–H groups in total. The van der Waals surface area contributed by atoms with Gasteiger partial charge in [0.1, 0.15) is 0 Å². The monoisotopic (exact) mass is 467 g/mol. The quantitative estimate of drug-likeness (QED) is 0.663. The van der Waals surface area contributed by atoms with Gasteiger partial charge in [-0.3, -0.25) is 14.5 Å². The minimum atomic E-state index is -1.05. The van der Waals surface area contributed by atoms with Crippen LogP contribution in [-0.4, -0.2) is 22.8 Å². The number of halogens is 1. The van der Waals surface area contributed by atoms with Gasteiger partial charge in [0.05, 0.1) is 5.56 Å². The number of rotatable bonds is 3. The lowest BCUT2D eigenvalue weighted by Crippen LogP contribution is -2.43. The topological polar surface area (TPSA) is 74.7 Å². The Morgan fingerprint density at radius 3 is 2.47 bits per heavy atom. The number of hydrogen-bond donors (Lipinski definition) is 1. The Morgan fingerprint density at radius 2 is 1.80 bits per heavy atom. The third kappa shape index (κ3) is 3.72. The van der Waals surface area contributed by atoms with E-state index in [0.29, 0.717) is 29.8 Å². The summed E-state index contributed by atoms with van der Waals surface area (Å²) < 4.78 is 0.936. The van der Waals surface area contributed by atoms with Crippen molar-refractivity contribution in [2.45, 2.75) is 39.0 Å².